The van der Waals surface area contributed by atoms with Crippen LogP contribution in [0.1, 0.15) is 15.2 Å². The van der Waals surface area contributed by atoms with Crippen LogP contribution in [0, 0.1) is 11.3 Å². The topological polar surface area (TPSA) is 79.2 Å². The van der Waals surface area contributed by atoms with E-state index < -0.39 is 18.5 Å². The summed E-state index contributed by atoms with van der Waals surface area (Å²) in [4.78, 5) is 25.3. The maximum absolute atomic E-state index is 12.1. The Hall–Kier alpha value is -2.66. The number of amides is 1. The molecule has 0 fully saturated rings. The van der Waals surface area contributed by atoms with Gasteiger partial charge in [-0.15, -0.1) is 22.7 Å². The lowest BCUT2D eigenvalue weighted by molar-refractivity contribution is -0.119. The van der Waals surface area contributed by atoms with Gasteiger partial charge in [0.25, 0.3) is 5.91 Å². The quantitative estimate of drug-likeness (QED) is 0.622. The van der Waals surface area contributed by atoms with E-state index in [2.05, 4.69) is 5.32 Å². The molecular weight excluding hydrogens is 392 g/mol. The van der Waals surface area contributed by atoms with E-state index in [1.54, 1.807) is 29.6 Å². The van der Waals surface area contributed by atoms with Crippen molar-refractivity contribution in [2.75, 3.05) is 11.9 Å². The number of nitrogens with one attached hydrogen (secondary N) is 1. The largest absolute Gasteiger partial charge is 0.451 e. The van der Waals surface area contributed by atoms with Gasteiger partial charge in [-0.3, -0.25) is 4.79 Å². The van der Waals surface area contributed by atoms with E-state index in [9.17, 15) is 9.59 Å². The molecule has 0 spiro atoms. The molecule has 3 rings (SSSR count). The van der Waals surface area contributed by atoms with E-state index in [1.807, 2.05) is 24.3 Å². The third kappa shape index (κ3) is 4.29. The number of benzene rings is 1. The molecule has 0 saturated carbocycles. The summed E-state index contributed by atoms with van der Waals surface area (Å²) >= 11 is 8.38. The van der Waals surface area contributed by atoms with Crippen molar-refractivity contribution in [3.63, 3.8) is 0 Å². The Kier molecular flexibility index (Phi) is 5.68. The second kappa shape index (κ2) is 8.15. The van der Waals surface area contributed by atoms with Crippen LogP contribution in [0.15, 0.2) is 47.8 Å². The summed E-state index contributed by atoms with van der Waals surface area (Å²) in [6, 6.07) is 14.3. The van der Waals surface area contributed by atoms with Crippen LogP contribution >= 0.6 is 34.3 Å². The zero-order valence-electron chi connectivity index (χ0n) is 13.2. The van der Waals surface area contributed by atoms with Gasteiger partial charge in [-0.25, -0.2) is 4.79 Å². The van der Waals surface area contributed by atoms with Crippen molar-refractivity contribution >= 4 is 51.2 Å². The number of esters is 1. The lowest BCUT2D eigenvalue weighted by atomic mass is 10.2. The Labute approximate surface area is 162 Å². The number of thiophene rings is 2. The van der Waals surface area contributed by atoms with Crippen molar-refractivity contribution in [1.29, 1.82) is 5.26 Å². The second-order valence-electron chi connectivity index (χ2n) is 5.07. The standard InChI is InChI=1S/C18H11ClN2O3S2/c19-13-3-1-11(2-4-13)14-5-6-15(26-14)18(23)24-10-16(22)21-17-12(9-20)7-8-25-17/h1-8H,10H2,(H,21,22). The maximum Gasteiger partial charge on any atom is 0.348 e. The van der Waals surface area contributed by atoms with Gasteiger partial charge in [0.05, 0.1) is 5.56 Å². The molecule has 130 valence electrons. The molecule has 2 heterocycles. The Morgan fingerprint density at radius 2 is 1.92 bits per heavy atom. The monoisotopic (exact) mass is 402 g/mol. The summed E-state index contributed by atoms with van der Waals surface area (Å²) in [5.74, 6) is -1.07. The van der Waals surface area contributed by atoms with Crippen LogP contribution in [0.25, 0.3) is 10.4 Å². The number of hydrogen-bond donors (Lipinski definition) is 1. The Morgan fingerprint density at radius 3 is 2.65 bits per heavy atom. The molecule has 3 aromatic rings. The van der Waals surface area contributed by atoms with E-state index in [0.29, 0.717) is 20.5 Å². The molecule has 26 heavy (non-hydrogen) atoms. The number of nitrogens with zero attached hydrogens (tertiary/aromatic N) is 1. The number of halogens is 1. The fourth-order valence-electron chi connectivity index (χ4n) is 2.08. The van der Waals surface area contributed by atoms with Crippen LogP contribution in [0.5, 0.6) is 0 Å². The first-order valence-electron chi connectivity index (χ1n) is 7.37. The van der Waals surface area contributed by atoms with E-state index in [-0.39, 0.29) is 0 Å². The summed E-state index contributed by atoms with van der Waals surface area (Å²) in [6.07, 6.45) is 0. The SMILES string of the molecule is N#Cc1ccsc1NC(=O)COC(=O)c1ccc(-c2ccc(Cl)cc2)s1. The summed E-state index contributed by atoms with van der Waals surface area (Å²) in [7, 11) is 0. The highest BCUT2D eigenvalue weighted by Crippen LogP contribution is 2.29. The number of carbonyl (C=O) groups is 2. The molecule has 0 unspecified atom stereocenters. The summed E-state index contributed by atoms with van der Waals surface area (Å²) in [6.45, 7) is -0.421. The van der Waals surface area contributed by atoms with Crippen molar-refractivity contribution in [3.8, 4) is 16.5 Å². The van der Waals surface area contributed by atoms with Gasteiger partial charge in [0, 0.05) is 9.90 Å². The van der Waals surface area contributed by atoms with Crippen molar-refractivity contribution in [3.05, 3.63) is 63.3 Å². The average molecular weight is 403 g/mol. The molecule has 0 aliphatic carbocycles. The van der Waals surface area contributed by atoms with Gasteiger partial charge in [0.15, 0.2) is 6.61 Å². The number of hydrogen-bond acceptors (Lipinski definition) is 6. The van der Waals surface area contributed by atoms with Gasteiger partial charge in [-0.2, -0.15) is 5.26 Å². The molecule has 5 nitrogen and oxygen atoms in total. The molecular formula is C18H11ClN2O3S2. The first-order chi connectivity index (χ1) is 12.6. The third-order valence-corrected chi connectivity index (χ3v) is 5.51. The van der Waals surface area contributed by atoms with Gasteiger partial charge in [0.2, 0.25) is 0 Å². The Morgan fingerprint density at radius 1 is 1.15 bits per heavy atom. The van der Waals surface area contributed by atoms with E-state index in [4.69, 9.17) is 21.6 Å². The van der Waals surface area contributed by atoms with Crippen molar-refractivity contribution in [1.82, 2.24) is 0 Å². The van der Waals surface area contributed by atoms with Crippen LogP contribution in [0.2, 0.25) is 5.02 Å². The van der Waals surface area contributed by atoms with Crippen LogP contribution in [0.4, 0.5) is 5.00 Å². The van der Waals surface area contributed by atoms with Crippen LogP contribution in [-0.4, -0.2) is 18.5 Å². The lowest BCUT2D eigenvalue weighted by Crippen LogP contribution is -2.20. The fourth-order valence-corrected chi connectivity index (χ4v) is 3.86. The smallest absolute Gasteiger partial charge is 0.348 e. The first kappa shape index (κ1) is 18.1. The Bertz CT molecular complexity index is 987. The molecule has 2 aromatic heterocycles. The molecule has 1 amide bonds. The lowest BCUT2D eigenvalue weighted by Gasteiger charge is -2.04. The molecule has 1 N–H and O–H groups in total. The fraction of sp³-hybridized carbons (Fsp3) is 0.0556. The predicted molar refractivity (Wildman–Crippen MR) is 103 cm³/mol. The highest BCUT2D eigenvalue weighted by molar-refractivity contribution is 7.17. The Balaban J connectivity index is 1.58. The summed E-state index contributed by atoms with van der Waals surface area (Å²) < 4.78 is 5.04. The average Bonchev–Trinajstić information content (AvgIpc) is 3.29. The molecule has 8 heteroatoms. The zero-order chi connectivity index (χ0) is 18.5. The van der Waals surface area contributed by atoms with Gasteiger partial charge in [-0.05, 0) is 41.3 Å². The second-order valence-corrected chi connectivity index (χ2v) is 7.51. The van der Waals surface area contributed by atoms with Gasteiger partial charge < -0.3 is 10.1 Å². The first-order valence-corrected chi connectivity index (χ1v) is 9.44. The molecule has 0 bridgehead atoms. The minimum Gasteiger partial charge on any atom is -0.451 e. The van der Waals surface area contributed by atoms with Gasteiger partial charge in [-0.1, -0.05) is 23.7 Å². The summed E-state index contributed by atoms with van der Waals surface area (Å²) in [5, 5.41) is 14.2. The highest BCUT2D eigenvalue weighted by atomic mass is 35.5. The summed E-state index contributed by atoms with van der Waals surface area (Å²) in [5.41, 5.74) is 1.32. The predicted octanol–water partition coefficient (Wildman–Crippen LogP) is 4.80. The minimum absolute atomic E-state index is 0.375. The van der Waals surface area contributed by atoms with Crippen LogP contribution in [0.3, 0.4) is 0 Å². The number of ether oxygens (including phenoxy) is 1. The molecule has 0 saturated heterocycles. The van der Waals surface area contributed by atoms with E-state index >= 15 is 0 Å². The van der Waals surface area contributed by atoms with Gasteiger partial charge in [0.1, 0.15) is 15.9 Å². The molecule has 0 radical (unpaired) electrons. The zero-order valence-corrected chi connectivity index (χ0v) is 15.6. The number of anilines is 1. The molecule has 0 aliphatic heterocycles. The van der Waals surface area contributed by atoms with Crippen molar-refractivity contribution in [2.24, 2.45) is 0 Å². The molecule has 1 aromatic carbocycles. The van der Waals surface area contributed by atoms with Crippen molar-refractivity contribution in [2.45, 2.75) is 0 Å². The van der Waals surface area contributed by atoms with Crippen LogP contribution < -0.4 is 5.32 Å². The number of rotatable bonds is 5. The molecule has 0 aliphatic rings. The van der Waals surface area contributed by atoms with E-state index in [0.717, 1.165) is 10.4 Å². The van der Waals surface area contributed by atoms with Crippen LogP contribution in [-0.2, 0) is 9.53 Å². The highest BCUT2D eigenvalue weighted by Gasteiger charge is 2.15. The van der Waals surface area contributed by atoms with Gasteiger partial charge >= 0.3 is 5.97 Å². The normalized spacial score (nSPS) is 10.2. The number of nitriles is 1. The van der Waals surface area contributed by atoms with E-state index in [1.165, 1.54) is 22.7 Å². The molecule has 0 atom stereocenters. The number of carbonyl (C=O) groups excluding carboxylic acids is 2. The maximum atomic E-state index is 12.1. The third-order valence-electron chi connectivity index (χ3n) is 3.31. The minimum atomic E-state index is -0.572. The van der Waals surface area contributed by atoms with Crippen molar-refractivity contribution < 1.29 is 14.3 Å².